The lowest BCUT2D eigenvalue weighted by molar-refractivity contribution is -0.111. The zero-order valence-electron chi connectivity index (χ0n) is 14.2. The maximum Gasteiger partial charge on any atom is 0.248 e. The molecule has 0 fully saturated rings. The Morgan fingerprint density at radius 3 is 2.48 bits per heavy atom. The van der Waals surface area contributed by atoms with Crippen molar-refractivity contribution in [1.29, 1.82) is 5.26 Å². The number of thioether (sulfide) groups is 1. The predicted molar refractivity (Wildman–Crippen MR) is 99.7 cm³/mol. The Hall–Kier alpha value is -2.91. The van der Waals surface area contributed by atoms with Gasteiger partial charge in [-0.1, -0.05) is 0 Å². The van der Waals surface area contributed by atoms with E-state index in [9.17, 15) is 4.79 Å². The number of carbonyl (C=O) groups is 1. The number of nitrogens with zero attached hydrogens (tertiary/aromatic N) is 1. The minimum atomic E-state index is -0.240. The Morgan fingerprint density at radius 1 is 1.16 bits per heavy atom. The van der Waals surface area contributed by atoms with Gasteiger partial charge >= 0.3 is 0 Å². The lowest BCUT2D eigenvalue weighted by Gasteiger charge is -2.11. The second kappa shape index (κ2) is 8.81. The van der Waals surface area contributed by atoms with Gasteiger partial charge in [-0.05, 0) is 60.7 Å². The zero-order valence-corrected chi connectivity index (χ0v) is 15.0. The first-order valence-corrected chi connectivity index (χ1v) is 8.26. The third-order valence-corrected chi connectivity index (χ3v) is 4.07. The Kier molecular flexibility index (Phi) is 6.49. The summed E-state index contributed by atoms with van der Waals surface area (Å²) in [5, 5.41) is 13.4. The molecule has 128 valence electrons. The van der Waals surface area contributed by atoms with E-state index in [2.05, 4.69) is 5.32 Å². The number of thiocyanates is 1. The standard InChI is InChI=1S/C19H18N2O3S/c1-13(17-9-6-15(23-2)11-18(17)24-3)10-19(22)21-14-4-7-16(8-5-14)25-12-20/h4-11H,1-3H3,(H,21,22)/b13-10+. The van der Waals surface area contributed by atoms with Crippen molar-refractivity contribution in [2.45, 2.75) is 11.8 Å². The molecule has 0 radical (unpaired) electrons. The van der Waals surface area contributed by atoms with Crippen molar-refractivity contribution in [1.82, 2.24) is 0 Å². The highest BCUT2D eigenvalue weighted by molar-refractivity contribution is 8.03. The molecular weight excluding hydrogens is 336 g/mol. The average Bonchev–Trinajstić information content (AvgIpc) is 2.62. The minimum absolute atomic E-state index is 0.240. The molecule has 2 aromatic carbocycles. The number of anilines is 1. The number of amides is 1. The molecule has 0 saturated carbocycles. The Bertz CT molecular complexity index is 824. The number of ether oxygens (including phenoxy) is 2. The van der Waals surface area contributed by atoms with Crippen LogP contribution < -0.4 is 14.8 Å². The van der Waals surface area contributed by atoms with E-state index >= 15 is 0 Å². The molecule has 6 heteroatoms. The lowest BCUT2D eigenvalue weighted by Crippen LogP contribution is -2.08. The van der Waals surface area contributed by atoms with Gasteiger partial charge in [0.25, 0.3) is 0 Å². The summed E-state index contributed by atoms with van der Waals surface area (Å²) in [6, 6.07) is 12.5. The zero-order chi connectivity index (χ0) is 18.2. The number of benzene rings is 2. The van der Waals surface area contributed by atoms with Crippen molar-refractivity contribution in [3.05, 3.63) is 54.1 Å². The quantitative estimate of drug-likeness (QED) is 0.475. The minimum Gasteiger partial charge on any atom is -0.497 e. The van der Waals surface area contributed by atoms with Gasteiger partial charge in [-0.15, -0.1) is 0 Å². The van der Waals surface area contributed by atoms with Crippen LogP contribution in [0.25, 0.3) is 5.57 Å². The van der Waals surface area contributed by atoms with Crippen LogP contribution in [-0.4, -0.2) is 20.1 Å². The summed E-state index contributed by atoms with van der Waals surface area (Å²) in [4.78, 5) is 13.0. The number of hydrogen-bond acceptors (Lipinski definition) is 5. The first-order valence-electron chi connectivity index (χ1n) is 7.45. The van der Waals surface area contributed by atoms with Crippen molar-refractivity contribution in [2.24, 2.45) is 0 Å². The number of rotatable bonds is 6. The smallest absolute Gasteiger partial charge is 0.248 e. The number of allylic oxidation sites excluding steroid dienone is 1. The van der Waals surface area contributed by atoms with Gasteiger partial charge < -0.3 is 14.8 Å². The first kappa shape index (κ1) is 18.4. The molecule has 0 unspecified atom stereocenters. The number of nitrogens with one attached hydrogen (secondary N) is 1. The van der Waals surface area contributed by atoms with Crippen molar-refractivity contribution in [3.8, 4) is 16.9 Å². The van der Waals surface area contributed by atoms with Crippen LogP contribution >= 0.6 is 11.8 Å². The summed E-state index contributed by atoms with van der Waals surface area (Å²) < 4.78 is 10.5. The summed E-state index contributed by atoms with van der Waals surface area (Å²) in [6.07, 6.45) is 1.52. The number of hydrogen-bond donors (Lipinski definition) is 1. The fraction of sp³-hybridized carbons (Fsp3) is 0.158. The van der Waals surface area contributed by atoms with E-state index in [1.54, 1.807) is 44.6 Å². The van der Waals surface area contributed by atoms with Gasteiger partial charge in [-0.2, -0.15) is 5.26 Å². The fourth-order valence-electron chi connectivity index (χ4n) is 2.24. The summed E-state index contributed by atoms with van der Waals surface area (Å²) >= 11 is 1.07. The third kappa shape index (κ3) is 5.03. The molecule has 0 aliphatic rings. The monoisotopic (exact) mass is 354 g/mol. The van der Waals surface area contributed by atoms with Crippen LogP contribution in [0.2, 0.25) is 0 Å². The van der Waals surface area contributed by atoms with Gasteiger partial charge in [0, 0.05) is 28.3 Å². The summed E-state index contributed by atoms with van der Waals surface area (Å²) in [5.41, 5.74) is 2.26. The SMILES string of the molecule is COc1ccc(/C(C)=C/C(=O)Nc2ccc(SC#N)cc2)c(OC)c1. The average molecular weight is 354 g/mol. The van der Waals surface area contributed by atoms with Crippen molar-refractivity contribution in [3.63, 3.8) is 0 Å². The highest BCUT2D eigenvalue weighted by Gasteiger charge is 2.08. The molecule has 0 aliphatic heterocycles. The normalized spacial score (nSPS) is 10.7. The largest absolute Gasteiger partial charge is 0.497 e. The molecule has 0 aliphatic carbocycles. The fourth-order valence-corrected chi connectivity index (χ4v) is 2.61. The molecule has 2 rings (SSSR count). The van der Waals surface area contributed by atoms with E-state index in [1.165, 1.54) is 6.08 Å². The second-order valence-electron chi connectivity index (χ2n) is 5.10. The molecule has 0 heterocycles. The topological polar surface area (TPSA) is 71.3 Å². The predicted octanol–water partition coefficient (Wildman–Crippen LogP) is 4.32. The Labute approximate surface area is 151 Å². The van der Waals surface area contributed by atoms with E-state index in [0.717, 1.165) is 27.8 Å². The van der Waals surface area contributed by atoms with Crippen LogP contribution in [-0.2, 0) is 4.79 Å². The Balaban J connectivity index is 2.13. The summed E-state index contributed by atoms with van der Waals surface area (Å²) in [7, 11) is 3.16. The van der Waals surface area contributed by atoms with E-state index in [4.69, 9.17) is 14.7 Å². The third-order valence-electron chi connectivity index (χ3n) is 3.47. The van der Waals surface area contributed by atoms with Crippen LogP contribution in [0.4, 0.5) is 5.69 Å². The van der Waals surface area contributed by atoms with Crippen molar-refractivity contribution < 1.29 is 14.3 Å². The van der Waals surface area contributed by atoms with Crippen molar-refractivity contribution in [2.75, 3.05) is 19.5 Å². The van der Waals surface area contributed by atoms with Crippen LogP contribution in [0.15, 0.2) is 53.4 Å². The number of methoxy groups -OCH3 is 2. The van der Waals surface area contributed by atoms with Gasteiger partial charge in [0.05, 0.1) is 14.2 Å². The van der Waals surface area contributed by atoms with Crippen LogP contribution in [0.3, 0.4) is 0 Å². The highest BCUT2D eigenvalue weighted by Crippen LogP contribution is 2.30. The maximum atomic E-state index is 12.2. The number of nitriles is 1. The van der Waals surface area contributed by atoms with Crippen LogP contribution in [0, 0.1) is 10.7 Å². The molecule has 1 amide bonds. The lowest BCUT2D eigenvalue weighted by atomic mass is 10.1. The summed E-state index contributed by atoms with van der Waals surface area (Å²) in [6.45, 7) is 1.84. The molecule has 0 spiro atoms. The molecule has 0 aromatic heterocycles. The molecule has 5 nitrogen and oxygen atoms in total. The summed E-state index contributed by atoms with van der Waals surface area (Å²) in [5.74, 6) is 1.09. The van der Waals surface area contributed by atoms with E-state index in [0.29, 0.717) is 17.2 Å². The van der Waals surface area contributed by atoms with Gasteiger partial charge in [0.1, 0.15) is 16.9 Å². The van der Waals surface area contributed by atoms with E-state index in [1.807, 2.05) is 24.5 Å². The van der Waals surface area contributed by atoms with Crippen molar-refractivity contribution >= 4 is 28.9 Å². The molecule has 0 atom stereocenters. The van der Waals surface area contributed by atoms with E-state index in [-0.39, 0.29) is 5.91 Å². The van der Waals surface area contributed by atoms with E-state index < -0.39 is 0 Å². The molecule has 2 aromatic rings. The molecule has 1 N–H and O–H groups in total. The van der Waals surface area contributed by atoms with Gasteiger partial charge in [-0.25, -0.2) is 0 Å². The molecule has 0 saturated heterocycles. The maximum absolute atomic E-state index is 12.2. The highest BCUT2D eigenvalue weighted by atomic mass is 32.2. The van der Waals surface area contributed by atoms with Crippen LogP contribution in [0.1, 0.15) is 12.5 Å². The first-order chi connectivity index (χ1) is 12.1. The van der Waals surface area contributed by atoms with Gasteiger partial charge in [0.15, 0.2) is 0 Å². The molecule has 0 bridgehead atoms. The van der Waals surface area contributed by atoms with Crippen LogP contribution in [0.5, 0.6) is 11.5 Å². The second-order valence-corrected chi connectivity index (χ2v) is 5.96. The Morgan fingerprint density at radius 2 is 1.88 bits per heavy atom. The number of carbonyl (C=O) groups excluding carboxylic acids is 1. The molecule has 25 heavy (non-hydrogen) atoms. The molecular formula is C19H18N2O3S. The van der Waals surface area contributed by atoms with Gasteiger partial charge in [-0.3, -0.25) is 4.79 Å². The van der Waals surface area contributed by atoms with Gasteiger partial charge in [0.2, 0.25) is 5.91 Å².